The maximum atomic E-state index is 5.75. The molecule has 1 fully saturated rings. The number of rotatable bonds is 6. The van der Waals surface area contributed by atoms with Gasteiger partial charge in [0.05, 0.1) is 0 Å². The van der Waals surface area contributed by atoms with Crippen molar-refractivity contribution in [3.05, 3.63) is 65.2 Å². The molecule has 0 heterocycles. The SMILES string of the molecule is CCCC1CCC(c2ccc(CCc3ccc(N)cc3)cc2)CC1. The highest BCUT2D eigenvalue weighted by molar-refractivity contribution is 5.39. The monoisotopic (exact) mass is 321 g/mol. The second kappa shape index (κ2) is 8.37. The van der Waals surface area contributed by atoms with E-state index in [9.17, 15) is 0 Å². The van der Waals surface area contributed by atoms with Crippen molar-refractivity contribution in [2.75, 3.05) is 5.73 Å². The molecule has 0 bridgehead atoms. The number of aryl methyl sites for hydroxylation is 2. The van der Waals surface area contributed by atoms with Crippen LogP contribution in [-0.4, -0.2) is 0 Å². The number of hydrogen-bond donors (Lipinski definition) is 1. The van der Waals surface area contributed by atoms with Gasteiger partial charge in [-0.2, -0.15) is 0 Å². The normalized spacial score (nSPS) is 20.9. The third-order valence-corrected chi connectivity index (χ3v) is 5.68. The van der Waals surface area contributed by atoms with Crippen molar-refractivity contribution >= 4 is 5.69 Å². The lowest BCUT2D eigenvalue weighted by atomic mass is 9.77. The number of benzene rings is 2. The zero-order valence-electron chi connectivity index (χ0n) is 15.0. The van der Waals surface area contributed by atoms with Gasteiger partial charge in [-0.3, -0.25) is 0 Å². The molecule has 0 amide bonds. The molecule has 0 spiro atoms. The zero-order valence-corrected chi connectivity index (χ0v) is 15.0. The summed E-state index contributed by atoms with van der Waals surface area (Å²) in [6, 6.07) is 17.7. The largest absolute Gasteiger partial charge is 0.399 e. The molecule has 0 atom stereocenters. The Hall–Kier alpha value is -1.76. The minimum absolute atomic E-state index is 0.796. The molecule has 128 valence electrons. The summed E-state index contributed by atoms with van der Waals surface area (Å²) in [6.45, 7) is 2.31. The van der Waals surface area contributed by atoms with Crippen LogP contribution >= 0.6 is 0 Å². The van der Waals surface area contributed by atoms with E-state index in [1.54, 1.807) is 5.56 Å². The van der Waals surface area contributed by atoms with E-state index in [-0.39, 0.29) is 0 Å². The third-order valence-electron chi connectivity index (χ3n) is 5.68. The quantitative estimate of drug-likeness (QED) is 0.636. The molecule has 0 unspecified atom stereocenters. The van der Waals surface area contributed by atoms with Crippen LogP contribution in [0.1, 0.15) is 68.1 Å². The van der Waals surface area contributed by atoms with E-state index in [4.69, 9.17) is 5.73 Å². The lowest BCUT2D eigenvalue weighted by molar-refractivity contribution is 0.308. The van der Waals surface area contributed by atoms with E-state index >= 15 is 0 Å². The highest BCUT2D eigenvalue weighted by atomic mass is 14.5. The molecule has 3 rings (SSSR count). The van der Waals surface area contributed by atoms with E-state index < -0.39 is 0 Å². The van der Waals surface area contributed by atoms with Crippen molar-refractivity contribution in [1.29, 1.82) is 0 Å². The Kier molecular flexibility index (Phi) is 5.96. The number of nitrogens with two attached hydrogens (primary N) is 1. The number of anilines is 1. The van der Waals surface area contributed by atoms with Gasteiger partial charge in [0, 0.05) is 5.69 Å². The van der Waals surface area contributed by atoms with Crippen LogP contribution in [0.4, 0.5) is 5.69 Å². The van der Waals surface area contributed by atoms with Crippen LogP contribution in [-0.2, 0) is 12.8 Å². The summed E-state index contributed by atoms with van der Waals surface area (Å²) < 4.78 is 0. The molecule has 2 aromatic rings. The summed E-state index contributed by atoms with van der Waals surface area (Å²) in [5, 5.41) is 0. The second-order valence-electron chi connectivity index (χ2n) is 7.49. The Labute approximate surface area is 147 Å². The van der Waals surface area contributed by atoms with Crippen LogP contribution in [0.3, 0.4) is 0 Å². The highest BCUT2D eigenvalue weighted by Gasteiger charge is 2.21. The van der Waals surface area contributed by atoms with Crippen LogP contribution in [0.15, 0.2) is 48.5 Å². The maximum absolute atomic E-state index is 5.75. The molecule has 2 aromatic carbocycles. The van der Waals surface area contributed by atoms with Gasteiger partial charge in [0.15, 0.2) is 0 Å². The summed E-state index contributed by atoms with van der Waals surface area (Å²) in [6.07, 6.45) is 10.6. The van der Waals surface area contributed by atoms with Gasteiger partial charge in [-0.25, -0.2) is 0 Å². The van der Waals surface area contributed by atoms with E-state index in [0.717, 1.165) is 30.4 Å². The summed E-state index contributed by atoms with van der Waals surface area (Å²) in [5.74, 6) is 1.79. The van der Waals surface area contributed by atoms with Gasteiger partial charge >= 0.3 is 0 Å². The molecule has 0 radical (unpaired) electrons. The molecule has 1 nitrogen and oxygen atoms in total. The fourth-order valence-corrected chi connectivity index (χ4v) is 4.12. The molecule has 1 aliphatic rings. The molecular formula is C23H31N. The van der Waals surface area contributed by atoms with Gasteiger partial charge in [0.25, 0.3) is 0 Å². The Morgan fingerprint density at radius 1 is 0.792 bits per heavy atom. The summed E-state index contributed by atoms with van der Waals surface area (Å²) in [4.78, 5) is 0. The van der Waals surface area contributed by atoms with Gasteiger partial charge in [-0.1, -0.05) is 56.2 Å². The Bertz CT molecular complexity index is 603. The molecule has 0 aliphatic heterocycles. The summed E-state index contributed by atoms with van der Waals surface area (Å²) in [5.41, 5.74) is 11.0. The zero-order chi connectivity index (χ0) is 16.8. The van der Waals surface area contributed by atoms with Crippen molar-refractivity contribution in [2.24, 2.45) is 5.92 Å². The third kappa shape index (κ3) is 4.63. The Morgan fingerprint density at radius 2 is 1.33 bits per heavy atom. The first-order chi connectivity index (χ1) is 11.7. The first-order valence-corrected chi connectivity index (χ1v) is 9.68. The predicted octanol–water partition coefficient (Wildman–Crippen LogP) is 6.13. The first kappa shape index (κ1) is 17.1. The highest BCUT2D eigenvalue weighted by Crippen LogP contribution is 2.37. The average Bonchev–Trinajstić information content (AvgIpc) is 2.63. The molecule has 2 N–H and O–H groups in total. The van der Waals surface area contributed by atoms with Gasteiger partial charge in [-0.15, -0.1) is 0 Å². The smallest absolute Gasteiger partial charge is 0.0314 e. The number of hydrogen-bond acceptors (Lipinski definition) is 1. The van der Waals surface area contributed by atoms with Crippen molar-refractivity contribution in [3.8, 4) is 0 Å². The van der Waals surface area contributed by atoms with Crippen LogP contribution in [0.25, 0.3) is 0 Å². The van der Waals surface area contributed by atoms with Crippen molar-refractivity contribution in [3.63, 3.8) is 0 Å². The molecule has 1 heteroatoms. The molecule has 0 saturated heterocycles. The summed E-state index contributed by atoms with van der Waals surface area (Å²) >= 11 is 0. The van der Waals surface area contributed by atoms with Crippen LogP contribution in [0.5, 0.6) is 0 Å². The van der Waals surface area contributed by atoms with Gasteiger partial charge in [0.2, 0.25) is 0 Å². The van der Waals surface area contributed by atoms with Gasteiger partial charge in [0.1, 0.15) is 0 Å². The van der Waals surface area contributed by atoms with Crippen molar-refractivity contribution in [1.82, 2.24) is 0 Å². The lowest BCUT2D eigenvalue weighted by Gasteiger charge is -2.28. The first-order valence-electron chi connectivity index (χ1n) is 9.68. The molecule has 24 heavy (non-hydrogen) atoms. The average molecular weight is 322 g/mol. The minimum Gasteiger partial charge on any atom is -0.399 e. The Morgan fingerprint density at radius 3 is 1.88 bits per heavy atom. The Balaban J connectivity index is 1.51. The van der Waals surface area contributed by atoms with Crippen LogP contribution < -0.4 is 5.73 Å². The van der Waals surface area contributed by atoms with Crippen molar-refractivity contribution < 1.29 is 0 Å². The standard InChI is InChI=1S/C23H31N/c1-2-3-18-6-12-21(13-7-18)22-14-8-19(9-15-22)4-5-20-10-16-23(24)17-11-20/h8-11,14-18,21H,2-7,12-13,24H2,1H3. The molecule has 0 aromatic heterocycles. The van der Waals surface area contributed by atoms with E-state index in [2.05, 4.69) is 43.3 Å². The number of nitrogen functional groups attached to an aromatic ring is 1. The van der Waals surface area contributed by atoms with Gasteiger partial charge < -0.3 is 5.73 Å². The van der Waals surface area contributed by atoms with Gasteiger partial charge in [-0.05, 0) is 79.2 Å². The van der Waals surface area contributed by atoms with Crippen LogP contribution in [0, 0.1) is 5.92 Å². The molecule has 1 saturated carbocycles. The predicted molar refractivity (Wildman–Crippen MR) is 104 cm³/mol. The topological polar surface area (TPSA) is 26.0 Å². The molecule has 1 aliphatic carbocycles. The molecular weight excluding hydrogens is 290 g/mol. The second-order valence-corrected chi connectivity index (χ2v) is 7.49. The summed E-state index contributed by atoms with van der Waals surface area (Å²) in [7, 11) is 0. The van der Waals surface area contributed by atoms with E-state index in [1.807, 2.05) is 12.1 Å². The minimum atomic E-state index is 0.796. The van der Waals surface area contributed by atoms with Crippen molar-refractivity contribution in [2.45, 2.75) is 64.2 Å². The fourth-order valence-electron chi connectivity index (χ4n) is 4.12. The van der Waals surface area contributed by atoms with E-state index in [0.29, 0.717) is 0 Å². The van der Waals surface area contributed by atoms with E-state index in [1.165, 1.54) is 49.7 Å². The van der Waals surface area contributed by atoms with Crippen LogP contribution in [0.2, 0.25) is 0 Å². The lowest BCUT2D eigenvalue weighted by Crippen LogP contribution is -2.13. The fraction of sp³-hybridized carbons (Fsp3) is 0.478. The maximum Gasteiger partial charge on any atom is 0.0314 e.